The zero-order valence-corrected chi connectivity index (χ0v) is 21.5. The van der Waals surface area contributed by atoms with E-state index >= 15 is 0 Å². The number of halogens is 3. The van der Waals surface area contributed by atoms with Gasteiger partial charge in [0.2, 0.25) is 0 Å². The first-order valence-electron chi connectivity index (χ1n) is 11.8. The van der Waals surface area contributed by atoms with Crippen LogP contribution in [0.25, 0.3) is 22.3 Å². The molecular weight excluding hydrogens is 507 g/mol. The molecule has 0 bridgehead atoms. The van der Waals surface area contributed by atoms with Crippen LogP contribution in [-0.4, -0.2) is 64.5 Å². The fourth-order valence-electron chi connectivity index (χ4n) is 4.32. The molecule has 37 heavy (non-hydrogen) atoms. The number of nitrogens with zero attached hydrogens (tertiary/aromatic N) is 7. The maximum atomic E-state index is 10.6. The van der Waals surface area contributed by atoms with Gasteiger partial charge in [-0.2, -0.15) is 18.3 Å². The minimum Gasteiger partial charge on any atom is -0.475 e. The Kier molecular flexibility index (Phi) is 7.93. The van der Waals surface area contributed by atoms with Crippen molar-refractivity contribution >= 4 is 28.3 Å². The Morgan fingerprint density at radius 1 is 1.24 bits per heavy atom. The van der Waals surface area contributed by atoms with E-state index in [2.05, 4.69) is 44.8 Å². The number of piperidine rings is 1. The van der Waals surface area contributed by atoms with Crippen molar-refractivity contribution in [2.24, 2.45) is 7.05 Å². The monoisotopic (exact) mass is 535 g/mol. The van der Waals surface area contributed by atoms with Crippen molar-refractivity contribution < 1.29 is 23.1 Å². The summed E-state index contributed by atoms with van der Waals surface area (Å²) in [6.07, 6.45) is 4.90. The summed E-state index contributed by atoms with van der Waals surface area (Å²) in [7, 11) is 1.94. The van der Waals surface area contributed by atoms with Gasteiger partial charge in [-0.3, -0.25) is 9.58 Å². The number of aromatic nitrogens is 6. The molecule has 9 nitrogen and oxygen atoms in total. The maximum Gasteiger partial charge on any atom is 0.490 e. The number of rotatable bonds is 5. The first kappa shape index (κ1) is 26.7. The topological polar surface area (TPSA) is 102 Å². The van der Waals surface area contributed by atoms with Gasteiger partial charge in [-0.05, 0) is 45.8 Å². The van der Waals surface area contributed by atoms with Gasteiger partial charge in [0, 0.05) is 48.0 Å². The predicted octanol–water partition coefficient (Wildman–Crippen LogP) is 4.88. The number of aryl methyl sites for hydroxylation is 1. The number of fused-ring (bicyclic) bond motifs is 1. The van der Waals surface area contributed by atoms with Gasteiger partial charge in [0.1, 0.15) is 16.2 Å². The molecule has 0 amide bonds. The van der Waals surface area contributed by atoms with Crippen molar-refractivity contribution in [3.05, 3.63) is 47.1 Å². The minimum atomic E-state index is -5.08. The summed E-state index contributed by atoms with van der Waals surface area (Å²) in [5.41, 5.74) is 5.28. The Hall–Kier alpha value is -3.32. The van der Waals surface area contributed by atoms with Crippen LogP contribution in [0, 0.1) is 0 Å². The molecule has 198 valence electrons. The van der Waals surface area contributed by atoms with Gasteiger partial charge in [0.15, 0.2) is 0 Å². The van der Waals surface area contributed by atoms with E-state index in [1.54, 1.807) is 11.3 Å². The fraction of sp³-hybridized carbons (Fsp3) is 0.458. The highest BCUT2D eigenvalue weighted by Crippen LogP contribution is 2.34. The number of likely N-dealkylation sites (tertiary alicyclic amines) is 1. The van der Waals surface area contributed by atoms with Crippen LogP contribution in [0.5, 0.6) is 0 Å². The Bertz CT molecular complexity index is 1340. The smallest absolute Gasteiger partial charge is 0.475 e. The largest absolute Gasteiger partial charge is 0.490 e. The van der Waals surface area contributed by atoms with Gasteiger partial charge in [-0.25, -0.2) is 19.7 Å². The molecule has 1 fully saturated rings. The van der Waals surface area contributed by atoms with Crippen LogP contribution >= 0.6 is 11.3 Å². The second-order valence-corrected chi connectivity index (χ2v) is 10.2. The SMILES string of the molecule is CC(C)n1cnc2c(-c3cnn(C)c3)nc(C3CCN(Cc4nccs4)CC3)cc21.O=C(O)C(F)(F)F. The van der Waals surface area contributed by atoms with Crippen LogP contribution in [0.4, 0.5) is 13.2 Å². The molecule has 1 saturated heterocycles. The lowest BCUT2D eigenvalue weighted by Gasteiger charge is -2.31. The van der Waals surface area contributed by atoms with Crippen molar-refractivity contribution in [1.82, 2.24) is 34.2 Å². The van der Waals surface area contributed by atoms with Crippen LogP contribution < -0.4 is 0 Å². The van der Waals surface area contributed by atoms with E-state index in [0.717, 1.165) is 49.2 Å². The van der Waals surface area contributed by atoms with Gasteiger partial charge >= 0.3 is 12.1 Å². The number of pyridine rings is 1. The zero-order valence-electron chi connectivity index (χ0n) is 20.7. The van der Waals surface area contributed by atoms with Crippen LogP contribution in [0.2, 0.25) is 0 Å². The molecule has 1 N–H and O–H groups in total. The summed E-state index contributed by atoms with van der Waals surface area (Å²) in [4.78, 5) is 25.7. The fourth-order valence-corrected chi connectivity index (χ4v) is 4.98. The van der Waals surface area contributed by atoms with Crippen LogP contribution in [0.3, 0.4) is 0 Å². The highest BCUT2D eigenvalue weighted by atomic mass is 32.1. The van der Waals surface area contributed by atoms with E-state index in [1.165, 1.54) is 16.2 Å². The lowest BCUT2D eigenvalue weighted by molar-refractivity contribution is -0.192. The number of carboxylic acid groups (broad SMARTS) is 1. The number of thiazole rings is 1. The van der Waals surface area contributed by atoms with Gasteiger partial charge < -0.3 is 9.67 Å². The molecule has 0 spiro atoms. The molecule has 0 unspecified atom stereocenters. The second-order valence-electron chi connectivity index (χ2n) is 9.19. The quantitative estimate of drug-likeness (QED) is 0.389. The van der Waals surface area contributed by atoms with E-state index in [4.69, 9.17) is 19.9 Å². The van der Waals surface area contributed by atoms with Crippen molar-refractivity contribution in [1.29, 1.82) is 0 Å². The molecule has 4 aromatic heterocycles. The van der Waals surface area contributed by atoms with E-state index in [1.807, 2.05) is 36.6 Å². The van der Waals surface area contributed by atoms with Crippen molar-refractivity contribution in [3.63, 3.8) is 0 Å². The van der Waals surface area contributed by atoms with E-state index in [-0.39, 0.29) is 0 Å². The summed E-state index contributed by atoms with van der Waals surface area (Å²) >= 11 is 1.74. The van der Waals surface area contributed by atoms with Crippen molar-refractivity contribution in [2.75, 3.05) is 13.1 Å². The third kappa shape index (κ3) is 6.34. The molecule has 5 heterocycles. The Balaban J connectivity index is 0.000000405. The molecule has 4 aromatic rings. The number of hydrogen-bond acceptors (Lipinski definition) is 7. The summed E-state index contributed by atoms with van der Waals surface area (Å²) in [6, 6.07) is 2.62. The predicted molar refractivity (Wildman–Crippen MR) is 133 cm³/mol. The number of carbonyl (C=O) groups is 1. The summed E-state index contributed by atoms with van der Waals surface area (Å²) < 4.78 is 35.8. The van der Waals surface area contributed by atoms with Crippen LogP contribution in [-0.2, 0) is 18.4 Å². The first-order valence-corrected chi connectivity index (χ1v) is 12.7. The normalized spacial score (nSPS) is 15.2. The van der Waals surface area contributed by atoms with Crippen molar-refractivity contribution in [3.8, 4) is 11.3 Å². The maximum absolute atomic E-state index is 10.6. The zero-order chi connectivity index (χ0) is 26.7. The molecule has 0 saturated carbocycles. The van der Waals surface area contributed by atoms with E-state index in [9.17, 15) is 13.2 Å². The van der Waals surface area contributed by atoms with E-state index in [0.29, 0.717) is 12.0 Å². The number of alkyl halides is 3. The summed E-state index contributed by atoms with van der Waals surface area (Å²) in [5, 5.41) is 14.7. The number of carboxylic acids is 1. The van der Waals surface area contributed by atoms with Gasteiger partial charge in [0.05, 0.1) is 24.6 Å². The Morgan fingerprint density at radius 3 is 2.49 bits per heavy atom. The molecular formula is C24H28F3N7O2S. The first-order chi connectivity index (χ1) is 17.5. The standard InChI is InChI=1S/C22H27N7S.C2HF3O2/c1-15(2)29-14-24-22-19(29)10-18(26-21(22)17-11-25-27(3)12-17)16-4-7-28(8-5-16)13-20-23-6-9-30-20;3-2(4,5)1(6)7/h6,9-12,14-16H,4-5,7-8,13H2,1-3H3;(H,6,7). The molecule has 0 atom stereocenters. The molecule has 13 heteroatoms. The average molecular weight is 536 g/mol. The van der Waals surface area contributed by atoms with E-state index < -0.39 is 12.1 Å². The van der Waals surface area contributed by atoms with Crippen LogP contribution in [0.1, 0.15) is 49.4 Å². The number of hydrogen-bond donors (Lipinski definition) is 1. The van der Waals surface area contributed by atoms with Gasteiger partial charge in [-0.1, -0.05) is 0 Å². The average Bonchev–Trinajstić information content (AvgIpc) is 3.60. The minimum absolute atomic E-state index is 0.354. The van der Waals surface area contributed by atoms with Gasteiger partial charge in [-0.15, -0.1) is 11.3 Å². The Labute approximate surface area is 215 Å². The highest BCUT2D eigenvalue weighted by Gasteiger charge is 2.38. The molecule has 0 radical (unpaired) electrons. The lowest BCUT2D eigenvalue weighted by atomic mass is 9.92. The molecule has 1 aliphatic heterocycles. The third-order valence-electron chi connectivity index (χ3n) is 6.21. The van der Waals surface area contributed by atoms with Gasteiger partial charge in [0.25, 0.3) is 0 Å². The molecule has 0 aromatic carbocycles. The third-order valence-corrected chi connectivity index (χ3v) is 6.97. The number of aliphatic carboxylic acids is 1. The summed E-state index contributed by atoms with van der Waals surface area (Å²) in [6.45, 7) is 7.51. The van der Waals surface area contributed by atoms with Crippen molar-refractivity contribution in [2.45, 2.75) is 51.4 Å². The lowest BCUT2D eigenvalue weighted by Crippen LogP contribution is -2.32. The molecule has 1 aliphatic rings. The summed E-state index contributed by atoms with van der Waals surface area (Å²) in [5.74, 6) is -2.29. The molecule has 5 rings (SSSR count). The second kappa shape index (κ2) is 11.0. The van der Waals surface area contributed by atoms with Crippen LogP contribution in [0.15, 0.2) is 36.4 Å². The Morgan fingerprint density at radius 2 is 1.95 bits per heavy atom. The highest BCUT2D eigenvalue weighted by molar-refractivity contribution is 7.09. The number of imidazole rings is 1. The molecule has 0 aliphatic carbocycles.